The van der Waals surface area contributed by atoms with E-state index in [4.69, 9.17) is 20.9 Å². The number of benzene rings is 1. The first kappa shape index (κ1) is 30.4. The van der Waals surface area contributed by atoms with Gasteiger partial charge in [-0.25, -0.2) is 14.8 Å². The molecule has 0 spiro atoms. The maximum absolute atomic E-state index is 13.1. The largest absolute Gasteiger partial charge is 0.467 e. The minimum absolute atomic E-state index is 0.0346. The van der Waals surface area contributed by atoms with E-state index in [-0.39, 0.29) is 49.1 Å². The second-order valence-electron chi connectivity index (χ2n) is 10.7. The van der Waals surface area contributed by atoms with Gasteiger partial charge in [-0.05, 0) is 56.4 Å². The molecule has 5 rings (SSSR count). The van der Waals surface area contributed by atoms with E-state index in [0.717, 1.165) is 17.7 Å². The van der Waals surface area contributed by atoms with Crippen LogP contribution in [-0.4, -0.2) is 76.5 Å². The van der Waals surface area contributed by atoms with Gasteiger partial charge in [0.05, 0.1) is 44.0 Å². The zero-order valence-corrected chi connectivity index (χ0v) is 24.5. The van der Waals surface area contributed by atoms with Crippen LogP contribution in [-0.2, 0) is 36.8 Å². The first-order chi connectivity index (χ1) is 21.2. The second-order valence-corrected chi connectivity index (χ2v) is 10.7. The number of hydrogen-bond donors (Lipinski definition) is 4. The fourth-order valence-electron chi connectivity index (χ4n) is 5.31. The highest BCUT2D eigenvalue weighted by Crippen LogP contribution is 2.39. The normalized spacial score (nSPS) is 17.5. The van der Waals surface area contributed by atoms with Crippen molar-refractivity contribution < 1.29 is 28.7 Å². The van der Waals surface area contributed by atoms with Crippen LogP contribution in [0, 0.1) is 11.8 Å². The molecule has 15 heteroatoms. The van der Waals surface area contributed by atoms with Crippen molar-refractivity contribution in [3.63, 3.8) is 0 Å². The van der Waals surface area contributed by atoms with E-state index in [0.29, 0.717) is 48.4 Å². The smallest absolute Gasteiger partial charge is 0.328 e. The number of ether oxygens (including phenoxy) is 2. The van der Waals surface area contributed by atoms with E-state index < -0.39 is 23.8 Å². The van der Waals surface area contributed by atoms with Gasteiger partial charge in [-0.1, -0.05) is 0 Å². The molecule has 1 aromatic carbocycles. The SMILES string of the molecule is CCOC(=O)C1CC1C(=O)NCCC[C@H](NC(=O)c1ccc2c(c1)CCN2Cc1cnc2nc(N)nc(N)c2n1)C(=O)OC. The van der Waals surface area contributed by atoms with Crippen LogP contribution in [0.5, 0.6) is 0 Å². The van der Waals surface area contributed by atoms with Crippen LogP contribution in [0.25, 0.3) is 11.2 Å². The van der Waals surface area contributed by atoms with Crippen LogP contribution in [0.4, 0.5) is 17.5 Å². The quantitative estimate of drug-likeness (QED) is 0.164. The number of nitrogen functional groups attached to an aromatic ring is 2. The van der Waals surface area contributed by atoms with Crippen molar-refractivity contribution in [2.45, 2.75) is 45.2 Å². The third kappa shape index (κ3) is 6.76. The monoisotopic (exact) mass is 605 g/mol. The summed E-state index contributed by atoms with van der Waals surface area (Å²) < 4.78 is 9.85. The average Bonchev–Trinajstić information content (AvgIpc) is 3.73. The molecule has 1 saturated carbocycles. The van der Waals surface area contributed by atoms with Crippen molar-refractivity contribution in [3.05, 3.63) is 41.2 Å². The van der Waals surface area contributed by atoms with Crippen LogP contribution in [0.15, 0.2) is 24.4 Å². The summed E-state index contributed by atoms with van der Waals surface area (Å²) in [5, 5.41) is 5.55. The van der Waals surface area contributed by atoms with E-state index in [1.54, 1.807) is 19.2 Å². The number of amides is 2. The molecule has 2 amide bonds. The Labute approximate surface area is 253 Å². The molecule has 1 aliphatic carbocycles. The lowest BCUT2D eigenvalue weighted by Crippen LogP contribution is -2.42. The average molecular weight is 606 g/mol. The number of nitrogens with zero attached hydrogens (tertiary/aromatic N) is 5. The first-order valence-electron chi connectivity index (χ1n) is 14.4. The zero-order chi connectivity index (χ0) is 31.4. The third-order valence-electron chi connectivity index (χ3n) is 7.66. The molecule has 2 aromatic heterocycles. The molecule has 0 radical (unpaired) electrons. The van der Waals surface area contributed by atoms with E-state index in [1.807, 2.05) is 12.1 Å². The van der Waals surface area contributed by atoms with Crippen molar-refractivity contribution in [1.82, 2.24) is 30.6 Å². The molecular weight excluding hydrogens is 570 g/mol. The highest BCUT2D eigenvalue weighted by atomic mass is 16.5. The lowest BCUT2D eigenvalue weighted by Gasteiger charge is -2.20. The predicted molar refractivity (Wildman–Crippen MR) is 159 cm³/mol. The summed E-state index contributed by atoms with van der Waals surface area (Å²) in [6.07, 6.45) is 3.50. The Bertz CT molecular complexity index is 1600. The summed E-state index contributed by atoms with van der Waals surface area (Å²) in [7, 11) is 1.26. The zero-order valence-electron chi connectivity index (χ0n) is 24.5. The Balaban J connectivity index is 1.15. The van der Waals surface area contributed by atoms with E-state index in [1.165, 1.54) is 7.11 Å². The molecule has 1 aliphatic heterocycles. The Hall–Kier alpha value is -5.08. The summed E-state index contributed by atoms with van der Waals surface area (Å²) in [6, 6.07) is 4.50. The first-order valence-corrected chi connectivity index (χ1v) is 14.4. The number of carbonyl (C=O) groups is 4. The van der Waals surface area contributed by atoms with Gasteiger partial charge < -0.3 is 36.5 Å². The number of rotatable bonds is 12. The van der Waals surface area contributed by atoms with Crippen molar-refractivity contribution >= 4 is 52.4 Å². The van der Waals surface area contributed by atoms with E-state index in [9.17, 15) is 19.2 Å². The van der Waals surface area contributed by atoms with Crippen LogP contribution in [0.1, 0.15) is 47.8 Å². The van der Waals surface area contributed by atoms with Gasteiger partial charge in [-0.15, -0.1) is 0 Å². The number of aromatic nitrogens is 4. The lowest BCUT2D eigenvalue weighted by molar-refractivity contribution is -0.146. The Morgan fingerprint density at radius 2 is 1.95 bits per heavy atom. The lowest BCUT2D eigenvalue weighted by atomic mass is 10.1. The summed E-state index contributed by atoms with van der Waals surface area (Å²) in [4.78, 5) is 68.6. The maximum atomic E-state index is 13.1. The number of hydrogen-bond acceptors (Lipinski definition) is 13. The van der Waals surface area contributed by atoms with Gasteiger partial charge in [0.15, 0.2) is 17.0 Å². The van der Waals surface area contributed by atoms with Gasteiger partial charge in [-0.3, -0.25) is 14.4 Å². The Morgan fingerprint density at radius 1 is 1.14 bits per heavy atom. The Morgan fingerprint density at radius 3 is 2.73 bits per heavy atom. The number of nitrogens with two attached hydrogens (primary N) is 2. The van der Waals surface area contributed by atoms with Crippen molar-refractivity contribution in [2.24, 2.45) is 11.8 Å². The van der Waals surface area contributed by atoms with Gasteiger partial charge >= 0.3 is 11.9 Å². The number of fused-ring (bicyclic) bond motifs is 2. The highest BCUT2D eigenvalue weighted by molar-refractivity contribution is 5.97. The summed E-state index contributed by atoms with van der Waals surface area (Å²) >= 11 is 0. The maximum Gasteiger partial charge on any atom is 0.328 e. The Kier molecular flexibility index (Phi) is 9.01. The van der Waals surface area contributed by atoms with Crippen LogP contribution in [0.3, 0.4) is 0 Å². The van der Waals surface area contributed by atoms with E-state index in [2.05, 4.69) is 35.5 Å². The topological polar surface area (TPSA) is 218 Å². The second kappa shape index (κ2) is 13.1. The molecule has 1 fully saturated rings. The van der Waals surface area contributed by atoms with E-state index >= 15 is 0 Å². The fourth-order valence-corrected chi connectivity index (χ4v) is 5.31. The molecule has 232 valence electrons. The minimum Gasteiger partial charge on any atom is -0.467 e. The molecule has 3 aromatic rings. The molecule has 2 unspecified atom stereocenters. The molecule has 0 bridgehead atoms. The van der Waals surface area contributed by atoms with Gasteiger partial charge in [0.1, 0.15) is 6.04 Å². The van der Waals surface area contributed by atoms with Gasteiger partial charge in [0, 0.05) is 24.3 Å². The summed E-state index contributed by atoms with van der Waals surface area (Å²) in [5.41, 5.74) is 15.4. The van der Waals surface area contributed by atoms with Crippen LogP contribution in [0.2, 0.25) is 0 Å². The highest BCUT2D eigenvalue weighted by Gasteiger charge is 2.49. The standard InChI is InChI=1S/C29H35N9O6/c1-3-44-27(41)19-12-18(19)26(40)32-9-4-5-20(28(42)43-2)35-25(39)16-6-7-21-15(11-16)8-10-38(21)14-17-13-33-24-22(34-17)23(30)36-29(31)37-24/h6-7,11,13,18-20H,3-5,8-10,12,14H2,1-2H3,(H,32,40)(H,35,39)(H4,30,31,33,36,37)/t18?,19?,20-/m0/s1. The molecular formula is C29H35N9O6. The molecule has 3 heterocycles. The van der Waals surface area contributed by atoms with Gasteiger partial charge in [0.25, 0.3) is 5.91 Å². The van der Waals surface area contributed by atoms with Crippen molar-refractivity contribution in [2.75, 3.05) is 43.2 Å². The van der Waals surface area contributed by atoms with Crippen molar-refractivity contribution in [1.29, 1.82) is 0 Å². The molecule has 3 atom stereocenters. The molecule has 44 heavy (non-hydrogen) atoms. The minimum atomic E-state index is -0.888. The summed E-state index contributed by atoms with van der Waals surface area (Å²) in [6.45, 7) is 3.47. The third-order valence-corrected chi connectivity index (χ3v) is 7.66. The predicted octanol–water partition coefficient (Wildman–Crippen LogP) is 0.514. The summed E-state index contributed by atoms with van der Waals surface area (Å²) in [5.74, 6) is -2.13. The van der Waals surface area contributed by atoms with Crippen LogP contribution < -0.4 is 27.0 Å². The van der Waals surface area contributed by atoms with Gasteiger partial charge in [0.2, 0.25) is 11.9 Å². The molecule has 6 N–H and O–H groups in total. The van der Waals surface area contributed by atoms with Crippen LogP contribution >= 0.6 is 0 Å². The number of carbonyl (C=O) groups excluding carboxylic acids is 4. The fraction of sp³-hybridized carbons (Fsp3) is 0.448. The molecule has 2 aliphatic rings. The molecule has 0 saturated heterocycles. The number of esters is 2. The number of anilines is 3. The van der Waals surface area contributed by atoms with Gasteiger partial charge in [-0.2, -0.15) is 9.97 Å². The number of methoxy groups -OCH3 is 1. The van der Waals surface area contributed by atoms with Crippen molar-refractivity contribution in [3.8, 4) is 0 Å². The molecule has 15 nitrogen and oxygen atoms in total. The number of nitrogens with one attached hydrogen (secondary N) is 2.